The number of ether oxygens (including phenoxy) is 3. The molecule has 2 aromatic carbocycles. The number of amides is 1. The van der Waals surface area contributed by atoms with Crippen LogP contribution in [0.5, 0.6) is 5.75 Å². The van der Waals surface area contributed by atoms with Crippen molar-refractivity contribution in [3.8, 4) is 16.9 Å². The van der Waals surface area contributed by atoms with E-state index in [2.05, 4.69) is 35.8 Å². The van der Waals surface area contributed by atoms with Crippen molar-refractivity contribution >= 4 is 18.0 Å². The second-order valence-corrected chi connectivity index (χ2v) is 15.4. The molecule has 7 nitrogen and oxygen atoms in total. The third-order valence-corrected chi connectivity index (χ3v) is 9.98. The molecular weight excluding hydrogens is 566 g/mol. The van der Waals surface area contributed by atoms with Crippen LogP contribution < -0.4 is 10.2 Å². The molecule has 4 aliphatic carbocycles. The van der Waals surface area contributed by atoms with Crippen LogP contribution >= 0.6 is 0 Å². The molecule has 1 N–H and O–H groups in total. The molecule has 0 aromatic heterocycles. The van der Waals surface area contributed by atoms with Gasteiger partial charge in [0.05, 0.1) is 0 Å². The van der Waals surface area contributed by atoms with Crippen LogP contribution in [0.2, 0.25) is 0 Å². The predicted octanol–water partition coefficient (Wildman–Crippen LogP) is 7.91. The zero-order chi connectivity index (χ0) is 31.8. The number of esters is 1. The lowest BCUT2D eigenvalue weighted by molar-refractivity contribution is -0.205. The van der Waals surface area contributed by atoms with Crippen LogP contribution in [0, 0.1) is 17.8 Å². The van der Waals surface area contributed by atoms with Crippen molar-refractivity contribution in [1.82, 2.24) is 5.48 Å². The molecule has 1 unspecified atom stereocenters. The molecule has 4 bridgehead atoms. The first-order valence-electron chi connectivity index (χ1n) is 16.8. The minimum Gasteiger partial charge on any atom is -0.478 e. The molecule has 2 aromatic rings. The molecule has 0 spiro atoms. The summed E-state index contributed by atoms with van der Waals surface area (Å²) in [7, 11) is 0. The number of rotatable bonds is 9. The minimum atomic E-state index is -1.14. The van der Waals surface area contributed by atoms with Crippen LogP contribution in [-0.2, 0) is 29.3 Å². The summed E-state index contributed by atoms with van der Waals surface area (Å²) in [6.45, 7) is 9.83. The molecule has 7 heteroatoms. The minimum absolute atomic E-state index is 0.0647. The molecule has 1 amide bonds. The fraction of sp³-hybridized carbons (Fsp3) is 0.579. The lowest BCUT2D eigenvalue weighted by atomic mass is 9.48. The summed E-state index contributed by atoms with van der Waals surface area (Å²) < 4.78 is 17.6. The Morgan fingerprint density at radius 2 is 1.53 bits per heavy atom. The van der Waals surface area contributed by atoms with E-state index in [-0.39, 0.29) is 17.3 Å². The molecule has 1 saturated heterocycles. The second-order valence-electron chi connectivity index (χ2n) is 15.4. The Morgan fingerprint density at radius 1 is 0.889 bits per heavy atom. The van der Waals surface area contributed by atoms with E-state index in [1.54, 1.807) is 19.9 Å². The Morgan fingerprint density at radius 3 is 2.13 bits per heavy atom. The number of carbonyl (C=O) groups excluding carboxylic acids is 2. The molecule has 1 aliphatic heterocycles. The Kier molecular flexibility index (Phi) is 8.88. The first-order chi connectivity index (χ1) is 21.4. The van der Waals surface area contributed by atoms with Crippen molar-refractivity contribution in [1.29, 1.82) is 0 Å². The number of hydrogen-bond acceptors (Lipinski definition) is 6. The zero-order valence-corrected chi connectivity index (χ0v) is 27.5. The highest BCUT2D eigenvalue weighted by Gasteiger charge is 2.53. The largest absolute Gasteiger partial charge is 0.478 e. The summed E-state index contributed by atoms with van der Waals surface area (Å²) in [6, 6.07) is 14.7. The van der Waals surface area contributed by atoms with Gasteiger partial charge >= 0.3 is 5.97 Å². The normalized spacial score (nSPS) is 27.8. The van der Waals surface area contributed by atoms with Crippen LogP contribution in [0.4, 0.5) is 0 Å². The fourth-order valence-electron chi connectivity index (χ4n) is 8.31. The van der Waals surface area contributed by atoms with Gasteiger partial charge in [-0.15, -0.1) is 0 Å². The van der Waals surface area contributed by atoms with Gasteiger partial charge in [-0.2, -0.15) is 0 Å². The molecule has 45 heavy (non-hydrogen) atoms. The summed E-state index contributed by atoms with van der Waals surface area (Å²) >= 11 is 0. The number of nitrogens with one attached hydrogen (secondary N) is 1. The third kappa shape index (κ3) is 7.47. The van der Waals surface area contributed by atoms with Crippen LogP contribution in [0.15, 0.2) is 48.5 Å². The van der Waals surface area contributed by atoms with E-state index in [1.807, 2.05) is 32.9 Å². The van der Waals surface area contributed by atoms with Gasteiger partial charge in [-0.05, 0) is 144 Å². The first-order valence-corrected chi connectivity index (χ1v) is 16.8. The van der Waals surface area contributed by atoms with Crippen LogP contribution in [0.25, 0.3) is 17.2 Å². The van der Waals surface area contributed by atoms with Gasteiger partial charge in [-0.1, -0.05) is 30.3 Å². The van der Waals surface area contributed by atoms with Crippen LogP contribution in [0.1, 0.15) is 104 Å². The van der Waals surface area contributed by atoms with Gasteiger partial charge in [0, 0.05) is 24.7 Å². The van der Waals surface area contributed by atoms with Crippen molar-refractivity contribution < 1.29 is 28.6 Å². The van der Waals surface area contributed by atoms with Crippen molar-refractivity contribution in [3.05, 3.63) is 59.7 Å². The SMILES string of the molecule is CC(C)(C)OC(=O)C=Cc1ccc(-c2ccc(OC(C)(C)C(=O)NOC3CCCCO3)c(C34CC5CC(CC(C5)C3)C4)c2)cc1. The fourth-order valence-corrected chi connectivity index (χ4v) is 8.31. The van der Waals surface area contributed by atoms with Gasteiger partial charge in [0.15, 0.2) is 11.9 Å². The van der Waals surface area contributed by atoms with E-state index in [0.29, 0.717) is 6.61 Å². The van der Waals surface area contributed by atoms with Gasteiger partial charge in [0.1, 0.15) is 11.4 Å². The second kappa shape index (κ2) is 12.6. The molecule has 4 saturated carbocycles. The molecule has 242 valence electrons. The maximum absolute atomic E-state index is 13.3. The summed E-state index contributed by atoms with van der Waals surface area (Å²) in [5.41, 5.74) is 5.39. The predicted molar refractivity (Wildman–Crippen MR) is 174 cm³/mol. The Bertz CT molecular complexity index is 1380. The lowest BCUT2D eigenvalue weighted by Crippen LogP contribution is -2.50. The van der Waals surface area contributed by atoms with Gasteiger partial charge in [-0.25, -0.2) is 15.1 Å². The third-order valence-electron chi connectivity index (χ3n) is 9.98. The maximum Gasteiger partial charge on any atom is 0.331 e. The van der Waals surface area contributed by atoms with Gasteiger partial charge in [0.25, 0.3) is 5.91 Å². The number of carbonyl (C=O) groups is 2. The van der Waals surface area contributed by atoms with E-state index in [1.165, 1.54) is 50.2 Å². The summed E-state index contributed by atoms with van der Waals surface area (Å²) in [5.74, 6) is 2.41. The Balaban J connectivity index is 1.25. The zero-order valence-electron chi connectivity index (χ0n) is 27.5. The lowest BCUT2D eigenvalue weighted by Gasteiger charge is -2.57. The first kappa shape index (κ1) is 31.8. The topological polar surface area (TPSA) is 83.1 Å². The molecule has 0 radical (unpaired) electrons. The van der Waals surface area contributed by atoms with Crippen molar-refractivity contribution in [2.75, 3.05) is 6.61 Å². The van der Waals surface area contributed by atoms with E-state index >= 15 is 0 Å². The van der Waals surface area contributed by atoms with Crippen molar-refractivity contribution in [3.63, 3.8) is 0 Å². The molecule has 5 fully saturated rings. The molecule has 1 atom stereocenters. The van der Waals surface area contributed by atoms with E-state index in [0.717, 1.165) is 59.5 Å². The highest BCUT2D eigenvalue weighted by atomic mass is 16.8. The summed E-state index contributed by atoms with van der Waals surface area (Å²) in [5, 5.41) is 0. The van der Waals surface area contributed by atoms with Gasteiger partial charge in [-0.3, -0.25) is 4.79 Å². The Labute approximate surface area is 268 Å². The summed E-state index contributed by atoms with van der Waals surface area (Å²) in [6.07, 6.45) is 13.2. The van der Waals surface area contributed by atoms with Crippen molar-refractivity contribution in [2.24, 2.45) is 17.8 Å². The quantitative estimate of drug-likeness (QED) is 0.175. The smallest absolute Gasteiger partial charge is 0.331 e. The number of benzene rings is 2. The van der Waals surface area contributed by atoms with Gasteiger partial charge < -0.3 is 14.2 Å². The van der Waals surface area contributed by atoms with Crippen molar-refractivity contribution in [2.45, 2.75) is 115 Å². The number of hydrogen-bond donors (Lipinski definition) is 1. The van der Waals surface area contributed by atoms with Crippen LogP contribution in [-0.4, -0.2) is 36.0 Å². The molecular formula is C38H49NO6. The van der Waals surface area contributed by atoms with E-state index in [4.69, 9.17) is 19.0 Å². The Hall–Kier alpha value is -3.16. The van der Waals surface area contributed by atoms with Crippen LogP contribution in [0.3, 0.4) is 0 Å². The maximum atomic E-state index is 13.3. The van der Waals surface area contributed by atoms with Gasteiger partial charge in [0.2, 0.25) is 0 Å². The molecule has 5 aliphatic rings. The monoisotopic (exact) mass is 615 g/mol. The average molecular weight is 616 g/mol. The molecule has 7 rings (SSSR count). The van der Waals surface area contributed by atoms with E-state index < -0.39 is 17.5 Å². The molecule has 1 heterocycles. The number of hydroxylamine groups is 1. The average Bonchev–Trinajstić information content (AvgIpc) is 2.98. The highest BCUT2D eigenvalue weighted by Crippen LogP contribution is 2.62. The summed E-state index contributed by atoms with van der Waals surface area (Å²) in [4.78, 5) is 31.1. The highest BCUT2D eigenvalue weighted by molar-refractivity contribution is 5.87. The van der Waals surface area contributed by atoms with E-state index in [9.17, 15) is 9.59 Å². The standard InChI is InChI=1S/C38H49NO6/c1-36(2,3)44-33(40)16-11-25-9-12-29(13-10-25)30-14-15-32(43-37(4,5)35(41)39-45-34-8-6-7-17-42-34)31(21-30)38-22-26-18-27(23-38)20-28(19-26)24-38/h9-16,21,26-28,34H,6-8,17-20,22-24H2,1-5H3,(H,39,41).